The van der Waals surface area contributed by atoms with E-state index in [0.29, 0.717) is 0 Å². The van der Waals surface area contributed by atoms with E-state index >= 15 is 0 Å². The van der Waals surface area contributed by atoms with Crippen LogP contribution in [0.1, 0.15) is 0 Å². The first kappa shape index (κ1) is 37.4. The number of fused-ring (bicyclic) bond motifs is 10. The summed E-state index contributed by atoms with van der Waals surface area (Å²) in [4.78, 5) is 0. The highest BCUT2D eigenvalue weighted by atomic mass is 28.3. The van der Waals surface area contributed by atoms with Crippen molar-refractivity contribution in [3.8, 4) is 66.8 Å². The third-order valence-corrected chi connectivity index (χ3v) is 22.2. The number of hydrogen-bond acceptors (Lipinski definition) is 0. The van der Waals surface area contributed by atoms with Crippen molar-refractivity contribution in [2.75, 3.05) is 0 Å². The van der Waals surface area contributed by atoms with Crippen molar-refractivity contribution >= 4 is 80.0 Å². The highest BCUT2D eigenvalue weighted by molar-refractivity contribution is 7.04. The van der Waals surface area contributed by atoms with Crippen LogP contribution < -0.4 is 20.7 Å². The molecule has 11 aromatic carbocycles. The first-order valence-corrected chi connectivity index (χ1v) is 28.8. The van der Waals surface area contributed by atoms with Gasteiger partial charge in [0, 0.05) is 0 Å². The van der Waals surface area contributed by atoms with Gasteiger partial charge in [0.1, 0.15) is 16.1 Å². The molecule has 2 heteroatoms. The summed E-state index contributed by atoms with van der Waals surface area (Å²) in [6.07, 6.45) is 0. The molecule has 2 aliphatic rings. The number of benzene rings is 11. The zero-order chi connectivity index (χ0) is 42.9. The minimum Gasteiger partial charge on any atom is -0.0623 e. The Kier molecular flexibility index (Phi) is 8.01. The first-order valence-electron chi connectivity index (χ1n) is 22.8. The lowest BCUT2D eigenvalue weighted by Gasteiger charge is -2.23. The normalized spacial score (nSPS) is 14.2. The van der Waals surface area contributed by atoms with Crippen molar-refractivity contribution in [2.45, 2.75) is 26.2 Å². The molecule has 64 heavy (non-hydrogen) atoms. The Bertz CT molecular complexity index is 3560. The van der Waals surface area contributed by atoms with Gasteiger partial charge in [-0.2, -0.15) is 0 Å². The Balaban J connectivity index is 1.21. The Hall–Kier alpha value is -7.11. The zero-order valence-corrected chi connectivity index (χ0v) is 38.6. The van der Waals surface area contributed by atoms with Crippen LogP contribution in [0.25, 0.3) is 110 Å². The van der Waals surface area contributed by atoms with Crippen molar-refractivity contribution < 1.29 is 0 Å². The van der Waals surface area contributed by atoms with Gasteiger partial charge in [-0.15, -0.1) is 0 Å². The smallest absolute Gasteiger partial charge is 0.0623 e. The predicted octanol–water partition coefficient (Wildman–Crippen LogP) is 14.6. The van der Waals surface area contributed by atoms with Gasteiger partial charge in [-0.1, -0.05) is 226 Å². The summed E-state index contributed by atoms with van der Waals surface area (Å²) in [5.74, 6) is 0. The predicted molar refractivity (Wildman–Crippen MR) is 283 cm³/mol. The molecule has 0 radical (unpaired) electrons. The molecule has 0 aromatic heterocycles. The van der Waals surface area contributed by atoms with Gasteiger partial charge in [-0.3, -0.25) is 0 Å². The van der Waals surface area contributed by atoms with Crippen molar-refractivity contribution in [3.05, 3.63) is 206 Å². The van der Waals surface area contributed by atoms with Crippen LogP contribution >= 0.6 is 0 Å². The van der Waals surface area contributed by atoms with Gasteiger partial charge >= 0.3 is 0 Å². The summed E-state index contributed by atoms with van der Waals surface area (Å²) < 4.78 is 0. The van der Waals surface area contributed by atoms with Crippen LogP contribution in [-0.4, -0.2) is 16.1 Å². The molecule has 11 aromatic rings. The lowest BCUT2D eigenvalue weighted by molar-refractivity contribution is 1.64. The van der Waals surface area contributed by atoms with E-state index in [-0.39, 0.29) is 0 Å². The van der Waals surface area contributed by atoms with Gasteiger partial charge in [0.05, 0.1) is 0 Å². The highest BCUT2D eigenvalue weighted by Gasteiger charge is 2.40. The van der Waals surface area contributed by atoms with Crippen molar-refractivity contribution in [1.29, 1.82) is 0 Å². The van der Waals surface area contributed by atoms with E-state index < -0.39 is 16.1 Å². The average molecular weight is 847 g/mol. The monoisotopic (exact) mass is 846 g/mol. The molecular formula is C62H46Si2. The summed E-state index contributed by atoms with van der Waals surface area (Å²) in [6.45, 7) is 10.1. The molecule has 0 aliphatic carbocycles. The SMILES string of the molecule is C[Si]1(C)c2ccccc2-c2c(-c3cccc4c(-c5c6ccccc6c(-c6ccccc6)c6ccccc56)c5cccc(-c6cccc7c6-c6ccccc6[Si]7(C)C)c5cc34)cccc21. The van der Waals surface area contributed by atoms with Gasteiger partial charge in [0.15, 0.2) is 0 Å². The summed E-state index contributed by atoms with van der Waals surface area (Å²) >= 11 is 0. The molecule has 0 saturated heterocycles. The van der Waals surface area contributed by atoms with E-state index in [0.717, 1.165) is 0 Å². The summed E-state index contributed by atoms with van der Waals surface area (Å²) in [7, 11) is -3.83. The van der Waals surface area contributed by atoms with E-state index in [1.807, 2.05) is 0 Å². The van der Waals surface area contributed by atoms with Crippen molar-refractivity contribution in [2.24, 2.45) is 0 Å². The molecule has 0 atom stereocenters. The van der Waals surface area contributed by atoms with Crippen LogP contribution in [0, 0.1) is 0 Å². The lowest BCUT2D eigenvalue weighted by Crippen LogP contribution is -2.49. The largest absolute Gasteiger partial charge is 0.113 e. The molecule has 0 fully saturated rings. The van der Waals surface area contributed by atoms with E-state index in [1.54, 1.807) is 0 Å². The molecule has 0 saturated carbocycles. The average Bonchev–Trinajstić information content (AvgIpc) is 3.72. The molecule has 13 rings (SSSR count). The molecule has 0 amide bonds. The van der Waals surface area contributed by atoms with E-state index in [4.69, 9.17) is 0 Å². The van der Waals surface area contributed by atoms with Gasteiger partial charge < -0.3 is 0 Å². The maximum Gasteiger partial charge on any atom is 0.113 e. The fourth-order valence-corrected chi connectivity index (χ4v) is 18.4. The molecule has 0 bridgehead atoms. The van der Waals surface area contributed by atoms with Gasteiger partial charge in [-0.05, 0) is 137 Å². The Morgan fingerprint density at radius 2 is 0.531 bits per heavy atom. The topological polar surface area (TPSA) is 0 Å². The fraction of sp³-hybridized carbons (Fsp3) is 0.0645. The first-order chi connectivity index (χ1) is 31.3. The molecule has 2 heterocycles. The van der Waals surface area contributed by atoms with Crippen LogP contribution in [0.3, 0.4) is 0 Å². The molecule has 2 aliphatic heterocycles. The quantitative estimate of drug-likeness (QED) is 0.122. The third-order valence-electron chi connectivity index (χ3n) is 15.1. The highest BCUT2D eigenvalue weighted by Crippen LogP contribution is 2.51. The maximum atomic E-state index is 2.56. The summed E-state index contributed by atoms with van der Waals surface area (Å²) in [6, 6.07) is 78.7. The second-order valence-corrected chi connectivity index (χ2v) is 27.7. The van der Waals surface area contributed by atoms with E-state index in [2.05, 4.69) is 232 Å². The minimum atomic E-state index is -1.92. The Morgan fingerprint density at radius 1 is 0.219 bits per heavy atom. The maximum absolute atomic E-state index is 2.56. The van der Waals surface area contributed by atoms with Gasteiger partial charge in [0.25, 0.3) is 0 Å². The third kappa shape index (κ3) is 5.10. The van der Waals surface area contributed by atoms with E-state index in [9.17, 15) is 0 Å². The zero-order valence-electron chi connectivity index (χ0n) is 36.6. The van der Waals surface area contributed by atoms with Crippen LogP contribution in [0.2, 0.25) is 26.2 Å². The molecule has 0 spiro atoms. The van der Waals surface area contributed by atoms with Gasteiger partial charge in [0.2, 0.25) is 0 Å². The Labute approximate surface area is 377 Å². The van der Waals surface area contributed by atoms with Crippen LogP contribution in [0.5, 0.6) is 0 Å². The lowest BCUT2D eigenvalue weighted by atomic mass is 9.80. The van der Waals surface area contributed by atoms with Crippen LogP contribution in [0.4, 0.5) is 0 Å². The number of hydrogen-bond donors (Lipinski definition) is 0. The molecule has 0 N–H and O–H groups in total. The number of rotatable bonds is 4. The van der Waals surface area contributed by atoms with Crippen LogP contribution in [-0.2, 0) is 0 Å². The minimum absolute atomic E-state index is 1.24. The molecule has 302 valence electrons. The molecule has 0 unspecified atom stereocenters. The summed E-state index contributed by atoms with van der Waals surface area (Å²) in [5, 5.41) is 16.4. The molecule has 0 nitrogen and oxygen atoms in total. The van der Waals surface area contributed by atoms with Crippen LogP contribution in [0.15, 0.2) is 206 Å². The van der Waals surface area contributed by atoms with Crippen molar-refractivity contribution in [3.63, 3.8) is 0 Å². The Morgan fingerprint density at radius 3 is 1.00 bits per heavy atom. The summed E-state index contributed by atoms with van der Waals surface area (Å²) in [5.41, 5.74) is 16.0. The van der Waals surface area contributed by atoms with Crippen molar-refractivity contribution in [1.82, 2.24) is 0 Å². The van der Waals surface area contributed by atoms with E-state index in [1.165, 1.54) is 131 Å². The fourth-order valence-electron chi connectivity index (χ4n) is 12.2. The standard InChI is InChI=1S/C62H46Si2/c1-63(2)54-34-14-12-26-50(54)59-42(32-18-36-56(59)63)40-28-16-30-48-52(40)38-53-41(43-33-19-37-57-60(43)51-27-13-15-35-55(51)64(57,3)4)29-17-31-49(53)62(48)61-46-24-10-8-22-44(46)58(39-20-6-5-7-21-39)45-23-9-11-25-47(45)61/h5-38H,1-4H3. The second-order valence-electron chi connectivity index (χ2n) is 19.1. The van der Waals surface area contributed by atoms with Gasteiger partial charge in [-0.25, -0.2) is 0 Å². The molecular weight excluding hydrogens is 801 g/mol. The second kappa shape index (κ2) is 13.7.